The van der Waals surface area contributed by atoms with Gasteiger partial charge >= 0.3 is 5.97 Å². The summed E-state index contributed by atoms with van der Waals surface area (Å²) in [5.74, 6) is -0.703. The Morgan fingerprint density at radius 2 is 1.12 bits per heavy atom. The van der Waals surface area contributed by atoms with Crippen LogP contribution < -0.4 is 0 Å². The Morgan fingerprint density at radius 3 is 1.50 bits per heavy atom. The number of carbonyl (C=O) groups is 2. The van der Waals surface area contributed by atoms with E-state index >= 15 is 0 Å². The lowest BCUT2D eigenvalue weighted by Crippen LogP contribution is -1.93. The van der Waals surface area contributed by atoms with Crippen molar-refractivity contribution in [1.82, 2.24) is 0 Å². The van der Waals surface area contributed by atoms with Crippen LogP contribution in [0.2, 0.25) is 0 Å². The Morgan fingerprint density at radius 1 is 0.750 bits per heavy atom. The predicted molar refractivity (Wildman–Crippen MR) is 64.7 cm³/mol. The number of hydrogen-bond donors (Lipinski definition) is 1. The van der Waals surface area contributed by atoms with Gasteiger partial charge in [-0.2, -0.15) is 0 Å². The number of carboxylic acids is 1. The summed E-state index contributed by atoms with van der Waals surface area (Å²) in [6, 6.07) is 0. The van der Waals surface area contributed by atoms with Crippen LogP contribution in [0.15, 0.2) is 0 Å². The highest BCUT2D eigenvalue weighted by Gasteiger charge is 1.97. The van der Waals surface area contributed by atoms with Gasteiger partial charge in [0.25, 0.3) is 0 Å². The molecule has 0 unspecified atom stereocenters. The molecule has 3 nitrogen and oxygen atoms in total. The van der Waals surface area contributed by atoms with E-state index in [4.69, 9.17) is 16.7 Å². The van der Waals surface area contributed by atoms with Crippen LogP contribution in [0.1, 0.15) is 64.2 Å². The number of carbonyl (C=O) groups excluding carboxylic acids is 1. The zero-order valence-corrected chi connectivity index (χ0v) is 10.5. The van der Waals surface area contributed by atoms with E-state index in [-0.39, 0.29) is 11.7 Å². The summed E-state index contributed by atoms with van der Waals surface area (Å²) in [5, 5.41) is 8.18. The van der Waals surface area contributed by atoms with E-state index in [1.807, 2.05) is 0 Å². The minimum atomic E-state index is -0.703. The van der Waals surface area contributed by atoms with Crippen molar-refractivity contribution in [2.75, 3.05) is 0 Å². The van der Waals surface area contributed by atoms with E-state index in [0.29, 0.717) is 6.42 Å². The molecule has 0 saturated carbocycles. The summed E-state index contributed by atoms with van der Waals surface area (Å²) in [6.45, 7) is 0. The fourth-order valence-electron chi connectivity index (χ4n) is 1.60. The Bertz CT molecular complexity index is 182. The topological polar surface area (TPSA) is 54.4 Å². The van der Waals surface area contributed by atoms with Gasteiger partial charge < -0.3 is 5.11 Å². The lowest BCUT2D eigenvalue weighted by Gasteiger charge is -2.00. The highest BCUT2D eigenvalue weighted by molar-refractivity contribution is 6.63. The Balaban J connectivity index is 2.98. The van der Waals surface area contributed by atoms with Crippen molar-refractivity contribution >= 4 is 22.8 Å². The van der Waals surface area contributed by atoms with Gasteiger partial charge in [0.15, 0.2) is 0 Å². The van der Waals surface area contributed by atoms with E-state index in [0.717, 1.165) is 44.9 Å². The molecular formula is C12H21ClO3. The summed E-state index contributed by atoms with van der Waals surface area (Å²) in [7, 11) is 0. The Labute approximate surface area is 102 Å². The predicted octanol–water partition coefficient (Wildman–Crippen LogP) is 3.74. The highest BCUT2D eigenvalue weighted by atomic mass is 35.5. The molecule has 0 aliphatic carbocycles. The maximum atomic E-state index is 10.4. The fraction of sp³-hybridized carbons (Fsp3) is 0.833. The number of halogens is 1. The number of carboxylic acid groups (broad SMARTS) is 1. The SMILES string of the molecule is O=C(O)CCCCCCCCCCC(=O)Cl. The lowest BCUT2D eigenvalue weighted by atomic mass is 10.1. The average molecular weight is 249 g/mol. The number of rotatable bonds is 11. The molecule has 0 fully saturated rings. The molecule has 4 heteroatoms. The third-order valence-corrected chi connectivity index (χ3v) is 2.70. The zero-order valence-electron chi connectivity index (χ0n) is 9.71. The van der Waals surface area contributed by atoms with Crippen LogP contribution in [-0.4, -0.2) is 16.3 Å². The van der Waals surface area contributed by atoms with Crippen LogP contribution in [-0.2, 0) is 9.59 Å². The van der Waals surface area contributed by atoms with E-state index in [1.54, 1.807) is 0 Å². The molecule has 0 saturated heterocycles. The molecule has 0 aromatic rings. The van der Waals surface area contributed by atoms with Gasteiger partial charge in [-0.05, 0) is 24.4 Å². The average Bonchev–Trinajstić information content (AvgIpc) is 2.20. The molecule has 0 amide bonds. The van der Waals surface area contributed by atoms with Gasteiger partial charge in [0.2, 0.25) is 5.24 Å². The molecule has 0 aromatic carbocycles. The minimum Gasteiger partial charge on any atom is -0.481 e. The van der Waals surface area contributed by atoms with Gasteiger partial charge in [0.1, 0.15) is 0 Å². The molecule has 0 aliphatic heterocycles. The van der Waals surface area contributed by atoms with Crippen LogP contribution >= 0.6 is 11.6 Å². The van der Waals surface area contributed by atoms with Crippen LogP contribution in [0.3, 0.4) is 0 Å². The maximum Gasteiger partial charge on any atom is 0.303 e. The van der Waals surface area contributed by atoms with Gasteiger partial charge in [-0.15, -0.1) is 0 Å². The minimum absolute atomic E-state index is 0.242. The Hall–Kier alpha value is -0.570. The molecule has 0 bridgehead atoms. The van der Waals surface area contributed by atoms with E-state index < -0.39 is 5.97 Å². The molecule has 16 heavy (non-hydrogen) atoms. The van der Waals surface area contributed by atoms with Crippen LogP contribution in [0, 0.1) is 0 Å². The van der Waals surface area contributed by atoms with E-state index in [2.05, 4.69) is 0 Å². The number of hydrogen-bond acceptors (Lipinski definition) is 2. The molecule has 0 aromatic heterocycles. The molecule has 0 atom stereocenters. The molecular weight excluding hydrogens is 228 g/mol. The number of aliphatic carboxylic acids is 1. The van der Waals surface area contributed by atoms with Crippen molar-refractivity contribution < 1.29 is 14.7 Å². The summed E-state index contributed by atoms with van der Waals surface area (Å²) in [6.07, 6.45) is 9.11. The molecule has 94 valence electrons. The first-order valence-electron chi connectivity index (χ1n) is 6.03. The second kappa shape index (κ2) is 10.9. The Kier molecular flexibility index (Phi) is 10.5. The maximum absolute atomic E-state index is 10.4. The van der Waals surface area contributed by atoms with Crippen molar-refractivity contribution in [2.45, 2.75) is 64.2 Å². The van der Waals surface area contributed by atoms with Crippen molar-refractivity contribution in [3.8, 4) is 0 Å². The third kappa shape index (κ3) is 13.4. The summed E-state index contributed by atoms with van der Waals surface area (Å²) >= 11 is 5.21. The molecule has 0 rings (SSSR count). The summed E-state index contributed by atoms with van der Waals surface area (Å²) in [5.41, 5.74) is 0. The highest BCUT2D eigenvalue weighted by Crippen LogP contribution is 2.11. The molecule has 0 aliphatic rings. The summed E-state index contributed by atoms with van der Waals surface area (Å²) in [4.78, 5) is 20.6. The zero-order chi connectivity index (χ0) is 12.2. The fourth-order valence-corrected chi connectivity index (χ4v) is 1.73. The second-order valence-corrected chi connectivity index (χ2v) is 4.50. The molecule has 1 N–H and O–H groups in total. The van der Waals surface area contributed by atoms with Gasteiger partial charge in [-0.25, -0.2) is 0 Å². The summed E-state index contributed by atoms with van der Waals surface area (Å²) < 4.78 is 0. The van der Waals surface area contributed by atoms with Crippen molar-refractivity contribution in [3.63, 3.8) is 0 Å². The quantitative estimate of drug-likeness (QED) is 0.448. The van der Waals surface area contributed by atoms with Gasteiger partial charge in [0, 0.05) is 12.8 Å². The normalized spacial score (nSPS) is 10.3. The monoisotopic (exact) mass is 248 g/mol. The van der Waals surface area contributed by atoms with E-state index in [9.17, 15) is 9.59 Å². The first-order valence-corrected chi connectivity index (χ1v) is 6.41. The van der Waals surface area contributed by atoms with Gasteiger partial charge in [-0.1, -0.05) is 38.5 Å². The molecule has 0 radical (unpaired) electrons. The smallest absolute Gasteiger partial charge is 0.303 e. The van der Waals surface area contributed by atoms with Gasteiger partial charge in [-0.3, -0.25) is 9.59 Å². The van der Waals surface area contributed by atoms with Crippen LogP contribution in [0.5, 0.6) is 0 Å². The first kappa shape index (κ1) is 15.4. The molecule has 0 heterocycles. The molecule has 0 spiro atoms. The van der Waals surface area contributed by atoms with Gasteiger partial charge in [0.05, 0.1) is 0 Å². The first-order chi connectivity index (χ1) is 7.63. The van der Waals surface area contributed by atoms with Crippen LogP contribution in [0.4, 0.5) is 0 Å². The van der Waals surface area contributed by atoms with E-state index in [1.165, 1.54) is 6.42 Å². The van der Waals surface area contributed by atoms with Crippen molar-refractivity contribution in [1.29, 1.82) is 0 Å². The largest absolute Gasteiger partial charge is 0.481 e. The van der Waals surface area contributed by atoms with Crippen molar-refractivity contribution in [3.05, 3.63) is 0 Å². The van der Waals surface area contributed by atoms with Crippen LogP contribution in [0.25, 0.3) is 0 Å². The lowest BCUT2D eigenvalue weighted by molar-refractivity contribution is -0.137. The van der Waals surface area contributed by atoms with Crippen molar-refractivity contribution in [2.24, 2.45) is 0 Å². The third-order valence-electron chi connectivity index (χ3n) is 2.51. The second-order valence-electron chi connectivity index (χ2n) is 4.08. The number of unbranched alkanes of at least 4 members (excludes halogenated alkanes) is 7. The standard InChI is InChI=1S/C12H21ClO3/c13-11(14)9-7-5-3-1-2-4-6-8-10-12(15)16/h1-10H2,(H,15,16).